The molecule has 1 saturated heterocycles. The van der Waals surface area contributed by atoms with Crippen LogP contribution < -0.4 is 11.1 Å². The average molecular weight is 171 g/mol. The van der Waals surface area contributed by atoms with Crippen LogP contribution >= 0.6 is 0 Å². The first kappa shape index (κ1) is 9.48. The fourth-order valence-corrected chi connectivity index (χ4v) is 1.47. The predicted octanol–water partition coefficient (Wildman–Crippen LogP) is -0.844. The molecule has 1 fully saturated rings. The van der Waals surface area contributed by atoms with Crippen LogP contribution in [0.1, 0.15) is 12.8 Å². The third kappa shape index (κ3) is 2.46. The third-order valence-corrected chi connectivity index (χ3v) is 2.20. The molecule has 4 nitrogen and oxygen atoms in total. The molecule has 12 heavy (non-hydrogen) atoms. The number of carbonyl (C=O) groups excluding carboxylic acids is 1. The summed E-state index contributed by atoms with van der Waals surface area (Å²) in [6, 6.07) is 0.441. The number of amides is 1. The van der Waals surface area contributed by atoms with Crippen molar-refractivity contribution in [2.24, 2.45) is 5.73 Å². The van der Waals surface area contributed by atoms with Crippen LogP contribution in [0.5, 0.6) is 0 Å². The molecule has 4 heteroatoms. The van der Waals surface area contributed by atoms with Crippen LogP contribution in [0.2, 0.25) is 0 Å². The van der Waals surface area contributed by atoms with Gasteiger partial charge in [0.2, 0.25) is 5.91 Å². The Labute approximate surface area is 73.1 Å². The summed E-state index contributed by atoms with van der Waals surface area (Å²) in [4.78, 5) is 12.9. The van der Waals surface area contributed by atoms with E-state index in [2.05, 4.69) is 5.32 Å². The summed E-state index contributed by atoms with van der Waals surface area (Å²) < 4.78 is 0. The SMILES string of the molecule is CN1CC(NCCN)CCC1=O. The smallest absolute Gasteiger partial charge is 0.222 e. The van der Waals surface area contributed by atoms with Gasteiger partial charge in [-0.2, -0.15) is 0 Å². The standard InChI is InChI=1S/C8H17N3O/c1-11-6-7(10-5-4-9)2-3-8(11)12/h7,10H,2-6,9H2,1H3. The van der Waals surface area contributed by atoms with E-state index in [0.717, 1.165) is 19.5 Å². The summed E-state index contributed by atoms with van der Waals surface area (Å²) >= 11 is 0. The fourth-order valence-electron chi connectivity index (χ4n) is 1.47. The first-order valence-electron chi connectivity index (χ1n) is 4.41. The maximum Gasteiger partial charge on any atom is 0.222 e. The van der Waals surface area contributed by atoms with Gasteiger partial charge >= 0.3 is 0 Å². The molecule has 1 aliphatic heterocycles. The summed E-state index contributed by atoms with van der Waals surface area (Å²) in [6.45, 7) is 2.32. The van der Waals surface area contributed by atoms with E-state index in [1.54, 1.807) is 4.90 Å². The third-order valence-electron chi connectivity index (χ3n) is 2.20. The molecule has 0 saturated carbocycles. The van der Waals surface area contributed by atoms with Crippen molar-refractivity contribution in [3.63, 3.8) is 0 Å². The molecule has 1 heterocycles. The van der Waals surface area contributed by atoms with Crippen LogP contribution in [0.3, 0.4) is 0 Å². The summed E-state index contributed by atoms with van der Waals surface area (Å²) in [6.07, 6.45) is 1.61. The van der Waals surface area contributed by atoms with E-state index in [-0.39, 0.29) is 5.91 Å². The van der Waals surface area contributed by atoms with Gasteiger partial charge in [0.05, 0.1) is 0 Å². The van der Waals surface area contributed by atoms with E-state index in [9.17, 15) is 4.79 Å². The first-order valence-corrected chi connectivity index (χ1v) is 4.41. The summed E-state index contributed by atoms with van der Waals surface area (Å²) in [5.74, 6) is 0.251. The van der Waals surface area contributed by atoms with E-state index >= 15 is 0 Å². The second kappa shape index (κ2) is 4.42. The number of nitrogens with one attached hydrogen (secondary N) is 1. The van der Waals surface area contributed by atoms with Crippen LogP contribution in [-0.2, 0) is 4.79 Å². The summed E-state index contributed by atoms with van der Waals surface area (Å²) in [5, 5.41) is 3.30. The molecule has 0 aromatic heterocycles. The van der Waals surface area contributed by atoms with Crippen LogP contribution in [-0.4, -0.2) is 43.5 Å². The molecule has 1 amide bonds. The number of piperidine rings is 1. The highest BCUT2D eigenvalue weighted by Crippen LogP contribution is 2.08. The Morgan fingerprint density at radius 2 is 2.50 bits per heavy atom. The maximum atomic E-state index is 11.1. The summed E-state index contributed by atoms with van der Waals surface area (Å²) in [5.41, 5.74) is 5.36. The molecule has 0 aromatic carbocycles. The van der Waals surface area contributed by atoms with Crippen molar-refractivity contribution >= 4 is 5.91 Å². The number of nitrogens with zero attached hydrogens (tertiary/aromatic N) is 1. The number of hydrogen-bond donors (Lipinski definition) is 2. The van der Waals surface area contributed by atoms with Gasteiger partial charge in [-0.3, -0.25) is 4.79 Å². The van der Waals surface area contributed by atoms with Crippen molar-refractivity contribution in [2.75, 3.05) is 26.7 Å². The normalized spacial score (nSPS) is 24.7. The zero-order valence-corrected chi connectivity index (χ0v) is 7.55. The highest BCUT2D eigenvalue weighted by atomic mass is 16.2. The molecule has 70 valence electrons. The maximum absolute atomic E-state index is 11.1. The number of likely N-dealkylation sites (tertiary alicyclic amines) is 1. The van der Waals surface area contributed by atoms with E-state index in [0.29, 0.717) is 19.0 Å². The van der Waals surface area contributed by atoms with Gasteiger partial charge in [0.25, 0.3) is 0 Å². The lowest BCUT2D eigenvalue weighted by molar-refractivity contribution is -0.132. The lowest BCUT2D eigenvalue weighted by Crippen LogP contribution is -2.47. The second-order valence-corrected chi connectivity index (χ2v) is 3.25. The largest absolute Gasteiger partial charge is 0.344 e. The number of nitrogens with two attached hydrogens (primary N) is 1. The van der Waals surface area contributed by atoms with Gasteiger partial charge in [-0.1, -0.05) is 0 Å². The van der Waals surface area contributed by atoms with Gasteiger partial charge in [0.1, 0.15) is 0 Å². The molecular formula is C8H17N3O. The van der Waals surface area contributed by atoms with E-state index < -0.39 is 0 Å². The van der Waals surface area contributed by atoms with Crippen LogP contribution in [0, 0.1) is 0 Å². The van der Waals surface area contributed by atoms with Gasteiger partial charge < -0.3 is 16.0 Å². The molecule has 3 N–H and O–H groups in total. The second-order valence-electron chi connectivity index (χ2n) is 3.25. The monoisotopic (exact) mass is 171 g/mol. The van der Waals surface area contributed by atoms with E-state index in [4.69, 9.17) is 5.73 Å². The van der Waals surface area contributed by atoms with Crippen molar-refractivity contribution in [3.05, 3.63) is 0 Å². The zero-order valence-electron chi connectivity index (χ0n) is 7.55. The average Bonchev–Trinajstić information content (AvgIpc) is 2.07. The Morgan fingerprint density at radius 1 is 1.75 bits per heavy atom. The Kier molecular flexibility index (Phi) is 3.49. The Bertz CT molecular complexity index is 160. The van der Waals surface area contributed by atoms with E-state index in [1.165, 1.54) is 0 Å². The molecule has 1 aliphatic rings. The van der Waals surface area contributed by atoms with Crippen LogP contribution in [0.15, 0.2) is 0 Å². The van der Waals surface area contributed by atoms with Crippen LogP contribution in [0.4, 0.5) is 0 Å². The van der Waals surface area contributed by atoms with Crippen molar-refractivity contribution in [3.8, 4) is 0 Å². The topological polar surface area (TPSA) is 58.4 Å². The highest BCUT2D eigenvalue weighted by molar-refractivity contribution is 5.76. The molecule has 0 spiro atoms. The quantitative estimate of drug-likeness (QED) is 0.582. The minimum atomic E-state index is 0.251. The minimum absolute atomic E-state index is 0.251. The number of carbonyl (C=O) groups is 1. The number of rotatable bonds is 3. The first-order chi connectivity index (χ1) is 5.74. The zero-order chi connectivity index (χ0) is 8.97. The van der Waals surface area contributed by atoms with Crippen LogP contribution in [0.25, 0.3) is 0 Å². The lowest BCUT2D eigenvalue weighted by atomic mass is 10.1. The Morgan fingerprint density at radius 3 is 3.08 bits per heavy atom. The van der Waals surface area contributed by atoms with Crippen molar-refractivity contribution in [1.29, 1.82) is 0 Å². The number of likely N-dealkylation sites (N-methyl/N-ethyl adjacent to an activating group) is 1. The van der Waals surface area contributed by atoms with Gasteiger partial charge in [-0.05, 0) is 6.42 Å². The Balaban J connectivity index is 2.25. The predicted molar refractivity (Wildman–Crippen MR) is 47.7 cm³/mol. The number of hydrogen-bond acceptors (Lipinski definition) is 3. The molecule has 0 aromatic rings. The molecular weight excluding hydrogens is 154 g/mol. The molecule has 1 atom stereocenters. The molecule has 1 unspecified atom stereocenters. The van der Waals surface area contributed by atoms with Crippen molar-refractivity contribution < 1.29 is 4.79 Å². The lowest BCUT2D eigenvalue weighted by Gasteiger charge is -2.30. The highest BCUT2D eigenvalue weighted by Gasteiger charge is 2.21. The van der Waals surface area contributed by atoms with E-state index in [1.807, 2.05) is 7.05 Å². The molecule has 1 rings (SSSR count). The molecule has 0 bridgehead atoms. The minimum Gasteiger partial charge on any atom is -0.344 e. The van der Waals surface area contributed by atoms with Gasteiger partial charge in [-0.15, -0.1) is 0 Å². The van der Waals surface area contributed by atoms with Crippen molar-refractivity contribution in [2.45, 2.75) is 18.9 Å². The molecule has 0 radical (unpaired) electrons. The fraction of sp³-hybridized carbons (Fsp3) is 0.875. The molecule has 0 aliphatic carbocycles. The summed E-state index contributed by atoms with van der Waals surface area (Å²) in [7, 11) is 1.85. The van der Waals surface area contributed by atoms with Gasteiger partial charge in [-0.25, -0.2) is 0 Å². The van der Waals surface area contributed by atoms with Gasteiger partial charge in [0, 0.05) is 39.1 Å². The Hall–Kier alpha value is -0.610. The van der Waals surface area contributed by atoms with Gasteiger partial charge in [0.15, 0.2) is 0 Å². The van der Waals surface area contributed by atoms with Crippen molar-refractivity contribution in [1.82, 2.24) is 10.2 Å².